The van der Waals surface area contributed by atoms with Gasteiger partial charge < -0.3 is 19.6 Å². The highest BCUT2D eigenvalue weighted by atomic mass is 19.3. The number of H-pyrrole nitrogens is 1. The van der Waals surface area contributed by atoms with Crippen molar-refractivity contribution in [2.24, 2.45) is 4.99 Å². The molecule has 2 atom stereocenters. The quantitative estimate of drug-likeness (QED) is 0.554. The van der Waals surface area contributed by atoms with Crippen LogP contribution in [0.1, 0.15) is 53.6 Å². The number of hydrogen-bond donors (Lipinski definition) is 2. The molecule has 1 aliphatic heterocycles. The molecule has 10 heteroatoms. The highest BCUT2D eigenvalue weighted by molar-refractivity contribution is 5.95. The zero-order valence-electron chi connectivity index (χ0n) is 19.5. The summed E-state index contributed by atoms with van der Waals surface area (Å²) < 4.78 is 42.4. The van der Waals surface area contributed by atoms with Crippen LogP contribution in [0.5, 0.6) is 0 Å². The number of nitrogens with zero attached hydrogens (tertiary/aromatic N) is 3. The van der Waals surface area contributed by atoms with Gasteiger partial charge in [-0.2, -0.15) is 4.99 Å². The fraction of sp³-hybridized carbons (Fsp3) is 0.400. The van der Waals surface area contributed by atoms with Crippen LogP contribution in [0.3, 0.4) is 0 Å². The van der Waals surface area contributed by atoms with Crippen molar-refractivity contribution in [2.45, 2.75) is 44.3 Å². The number of likely N-dealkylation sites (N-methyl/N-ethyl adjacent to an activating group) is 1. The van der Waals surface area contributed by atoms with Gasteiger partial charge in [-0.1, -0.05) is 18.2 Å². The summed E-state index contributed by atoms with van der Waals surface area (Å²) in [5.74, 6) is -1.06. The molecule has 0 bridgehead atoms. The summed E-state index contributed by atoms with van der Waals surface area (Å²) in [6, 6.07) is 10.3. The highest BCUT2D eigenvalue weighted by Crippen LogP contribution is 2.29. The minimum atomic E-state index is -2.74. The maximum absolute atomic E-state index is 14.8. The predicted octanol–water partition coefficient (Wildman–Crippen LogP) is 3.70. The molecule has 3 aromatic rings. The van der Waals surface area contributed by atoms with Gasteiger partial charge in [-0.25, -0.2) is 13.2 Å². The van der Waals surface area contributed by atoms with Gasteiger partial charge in [0.05, 0.1) is 30.1 Å². The Kier molecular flexibility index (Phi) is 6.84. The molecule has 1 saturated heterocycles. The second-order valence-electron chi connectivity index (χ2n) is 9.18. The maximum Gasteiger partial charge on any atom is 0.280 e. The number of likely N-dealkylation sites (tertiary alicyclic amines) is 1. The number of piperidine rings is 1. The van der Waals surface area contributed by atoms with Crippen molar-refractivity contribution < 1.29 is 27.9 Å². The number of amides is 2. The van der Waals surface area contributed by atoms with Crippen LogP contribution < -0.4 is 5.62 Å². The number of rotatable bonds is 6. The van der Waals surface area contributed by atoms with Crippen molar-refractivity contribution in [3.63, 3.8) is 0 Å². The first-order valence-electron chi connectivity index (χ1n) is 11.3. The Morgan fingerprint density at radius 3 is 2.77 bits per heavy atom. The number of aromatic amines is 1. The molecule has 0 spiro atoms. The topological polar surface area (TPSA) is 90.7 Å². The number of carbonyl (C=O) groups excluding carboxylic acids is 2. The van der Waals surface area contributed by atoms with E-state index in [4.69, 9.17) is 0 Å². The highest BCUT2D eigenvalue weighted by Gasteiger charge is 2.29. The number of alkyl halides is 3. The van der Waals surface area contributed by atoms with E-state index in [1.165, 1.54) is 29.7 Å². The molecule has 1 aliphatic rings. The fourth-order valence-corrected chi connectivity index (χ4v) is 4.35. The lowest BCUT2D eigenvalue weighted by atomic mass is 9.90. The molecule has 4 rings (SSSR count). The Bertz CT molecular complexity index is 1330. The summed E-state index contributed by atoms with van der Waals surface area (Å²) in [6.45, 7) is 0.865. The Morgan fingerprint density at radius 2 is 2.06 bits per heavy atom. The molecular weight excluding hydrogens is 461 g/mol. The van der Waals surface area contributed by atoms with Crippen LogP contribution in [0.25, 0.3) is 11.0 Å². The van der Waals surface area contributed by atoms with E-state index in [0.717, 1.165) is 18.1 Å². The SMILES string of the molecule is CN1CCCC(c2ccc3c(c2)[nH]c(=NC(=O)c2cccc(C(F)F)c2)n3CC(C)(F)CO)C1=O. The number of aromatic nitrogens is 2. The molecule has 186 valence electrons. The van der Waals surface area contributed by atoms with Crippen LogP contribution in [0.15, 0.2) is 47.5 Å². The van der Waals surface area contributed by atoms with Gasteiger partial charge in [0.25, 0.3) is 12.3 Å². The standard InChI is InChI=1S/C25H27F3N4O3/c1-25(28,14-33)13-32-20-9-8-15(18-7-4-10-31(2)23(18)35)12-19(20)29-24(32)30-22(34)17-6-3-5-16(11-17)21(26)27/h3,5-6,8-9,11-12,18,21,33H,4,7,10,13-14H2,1-2H3,(H,29,30,34). The largest absolute Gasteiger partial charge is 0.393 e. The number of benzene rings is 2. The van der Waals surface area contributed by atoms with Crippen LogP contribution >= 0.6 is 0 Å². The number of hydrogen-bond acceptors (Lipinski definition) is 3. The zero-order valence-corrected chi connectivity index (χ0v) is 19.5. The average molecular weight is 489 g/mol. The number of imidazole rings is 1. The van der Waals surface area contributed by atoms with E-state index in [9.17, 15) is 27.9 Å². The van der Waals surface area contributed by atoms with Gasteiger partial charge in [0.1, 0.15) is 5.67 Å². The lowest BCUT2D eigenvalue weighted by Crippen LogP contribution is -2.37. The first kappa shape index (κ1) is 24.7. The molecule has 0 saturated carbocycles. The summed E-state index contributed by atoms with van der Waals surface area (Å²) in [6.07, 6.45) is -1.16. The van der Waals surface area contributed by atoms with Gasteiger partial charge >= 0.3 is 0 Å². The van der Waals surface area contributed by atoms with Crippen molar-refractivity contribution in [3.05, 3.63) is 64.8 Å². The first-order valence-corrected chi connectivity index (χ1v) is 11.3. The van der Waals surface area contributed by atoms with Crippen molar-refractivity contribution >= 4 is 22.8 Å². The van der Waals surface area contributed by atoms with Gasteiger partial charge in [-0.15, -0.1) is 0 Å². The van der Waals surface area contributed by atoms with Crippen molar-refractivity contribution in [1.29, 1.82) is 0 Å². The number of aliphatic hydroxyl groups is 1. The molecule has 2 heterocycles. The Labute approximate surface area is 199 Å². The van der Waals surface area contributed by atoms with E-state index >= 15 is 0 Å². The third kappa shape index (κ3) is 5.17. The molecule has 2 unspecified atom stereocenters. The van der Waals surface area contributed by atoms with E-state index in [-0.39, 0.29) is 35.1 Å². The molecule has 1 aromatic heterocycles. The van der Waals surface area contributed by atoms with Gasteiger partial charge in [0.15, 0.2) is 0 Å². The molecular formula is C25H27F3N4O3. The predicted molar refractivity (Wildman–Crippen MR) is 124 cm³/mol. The number of fused-ring (bicyclic) bond motifs is 1. The average Bonchev–Trinajstić information content (AvgIpc) is 3.16. The minimum Gasteiger partial charge on any atom is -0.393 e. The van der Waals surface area contributed by atoms with E-state index in [1.54, 1.807) is 30.1 Å². The number of nitrogens with one attached hydrogen (secondary N) is 1. The van der Waals surface area contributed by atoms with Gasteiger partial charge in [-0.05, 0) is 49.6 Å². The Balaban J connectivity index is 1.81. The number of aliphatic hydroxyl groups excluding tert-OH is 1. The van der Waals surface area contributed by atoms with Gasteiger partial charge in [-0.3, -0.25) is 9.59 Å². The van der Waals surface area contributed by atoms with Crippen LogP contribution in [0.4, 0.5) is 13.2 Å². The summed E-state index contributed by atoms with van der Waals surface area (Å²) in [5.41, 5.74) is -0.498. The first-order chi connectivity index (χ1) is 16.6. The van der Waals surface area contributed by atoms with Crippen LogP contribution in [-0.4, -0.2) is 57.2 Å². The monoisotopic (exact) mass is 488 g/mol. The summed E-state index contributed by atoms with van der Waals surface area (Å²) in [5, 5.41) is 9.46. The van der Waals surface area contributed by atoms with E-state index in [2.05, 4.69) is 9.98 Å². The molecule has 0 radical (unpaired) electrons. The van der Waals surface area contributed by atoms with Crippen LogP contribution in [0, 0.1) is 0 Å². The smallest absolute Gasteiger partial charge is 0.280 e. The molecule has 7 nitrogen and oxygen atoms in total. The van der Waals surface area contributed by atoms with Gasteiger partial charge in [0.2, 0.25) is 11.5 Å². The van der Waals surface area contributed by atoms with E-state index in [1.807, 2.05) is 0 Å². The molecule has 0 aliphatic carbocycles. The normalized spacial score (nSPS) is 18.9. The van der Waals surface area contributed by atoms with Gasteiger partial charge in [0, 0.05) is 24.7 Å². The van der Waals surface area contributed by atoms with Crippen LogP contribution in [-0.2, 0) is 11.3 Å². The maximum atomic E-state index is 14.8. The molecule has 2 amide bonds. The van der Waals surface area contributed by atoms with E-state index in [0.29, 0.717) is 24.0 Å². The Hall–Kier alpha value is -3.40. The van der Waals surface area contributed by atoms with Crippen molar-refractivity contribution in [1.82, 2.24) is 14.5 Å². The third-order valence-corrected chi connectivity index (χ3v) is 6.29. The molecule has 2 aromatic carbocycles. The lowest BCUT2D eigenvalue weighted by molar-refractivity contribution is -0.133. The summed E-state index contributed by atoms with van der Waals surface area (Å²) in [7, 11) is 1.76. The third-order valence-electron chi connectivity index (χ3n) is 6.29. The molecule has 35 heavy (non-hydrogen) atoms. The van der Waals surface area contributed by atoms with E-state index < -0.39 is 24.6 Å². The second kappa shape index (κ2) is 9.69. The zero-order chi connectivity index (χ0) is 25.3. The molecule has 1 fully saturated rings. The van der Waals surface area contributed by atoms with Crippen molar-refractivity contribution in [2.75, 3.05) is 20.2 Å². The Morgan fingerprint density at radius 1 is 1.29 bits per heavy atom. The molecule has 2 N–H and O–H groups in total. The summed E-state index contributed by atoms with van der Waals surface area (Å²) >= 11 is 0. The second-order valence-corrected chi connectivity index (χ2v) is 9.18. The number of halogens is 3. The van der Waals surface area contributed by atoms with Crippen molar-refractivity contribution in [3.8, 4) is 0 Å². The summed E-state index contributed by atoms with van der Waals surface area (Å²) in [4.78, 5) is 34.2. The lowest BCUT2D eigenvalue weighted by Gasteiger charge is -2.29. The minimum absolute atomic E-state index is 0.00835. The number of carbonyl (C=O) groups is 2. The van der Waals surface area contributed by atoms with Crippen LogP contribution in [0.2, 0.25) is 0 Å². The fourth-order valence-electron chi connectivity index (χ4n) is 4.35.